The van der Waals surface area contributed by atoms with Crippen molar-refractivity contribution in [1.29, 1.82) is 10.5 Å². The van der Waals surface area contributed by atoms with Gasteiger partial charge in [-0.25, -0.2) is 0 Å². The number of fused-ring (bicyclic) bond motifs is 2. The minimum Gasteiger partial charge on any atom is -0.461 e. The number of hydrogen-bond acceptors (Lipinski definition) is 4. The molecule has 0 fully saturated rings. The van der Waals surface area contributed by atoms with Crippen LogP contribution in [-0.4, -0.2) is 0 Å². The van der Waals surface area contributed by atoms with Gasteiger partial charge in [0.15, 0.2) is 0 Å². The second kappa shape index (κ2) is 11.8. The van der Waals surface area contributed by atoms with Crippen LogP contribution in [0, 0.1) is 28.1 Å². The molecule has 5 aromatic rings. The maximum absolute atomic E-state index is 9.45. The van der Waals surface area contributed by atoms with Crippen molar-refractivity contribution in [1.82, 2.24) is 0 Å². The summed E-state index contributed by atoms with van der Waals surface area (Å²) < 4.78 is 6.16. The van der Waals surface area contributed by atoms with E-state index in [0.29, 0.717) is 17.1 Å². The fourth-order valence-electron chi connectivity index (χ4n) is 5.26. The summed E-state index contributed by atoms with van der Waals surface area (Å²) in [5.74, 6) is 1.28. The number of benzene rings is 5. The molecule has 212 valence electrons. The fourth-order valence-corrected chi connectivity index (χ4v) is 5.26. The molecule has 1 aliphatic heterocycles. The third-order valence-electron chi connectivity index (χ3n) is 7.64. The van der Waals surface area contributed by atoms with Crippen molar-refractivity contribution >= 4 is 44.7 Å². The summed E-state index contributed by atoms with van der Waals surface area (Å²) >= 11 is 0. The Kier molecular flexibility index (Phi) is 7.59. The first kappa shape index (κ1) is 28.3. The largest absolute Gasteiger partial charge is 0.461 e. The standard InChI is InChI=1S/C40H31N3O/c1-40(2,3)39-25-33(34(26-41)27-42)24-38(44-39)21-14-28-12-17-35(18-13-28)43(36-19-15-29-8-4-6-10-31(29)22-36)37-20-16-30-9-5-7-11-32(30)23-37/h4-25H,1-3H3/b21-14+. The molecule has 0 aromatic heterocycles. The first-order chi connectivity index (χ1) is 21.3. The summed E-state index contributed by atoms with van der Waals surface area (Å²) in [6, 6.07) is 42.3. The Morgan fingerprint density at radius 3 is 1.68 bits per heavy atom. The van der Waals surface area contributed by atoms with E-state index in [1.54, 1.807) is 12.2 Å². The van der Waals surface area contributed by atoms with Crippen LogP contribution >= 0.6 is 0 Å². The molecule has 0 N–H and O–H groups in total. The molecule has 1 heterocycles. The lowest BCUT2D eigenvalue weighted by molar-refractivity contribution is 0.223. The van der Waals surface area contributed by atoms with Gasteiger partial charge in [-0.2, -0.15) is 10.5 Å². The van der Waals surface area contributed by atoms with Crippen LogP contribution in [0.1, 0.15) is 26.3 Å². The number of nitrogens with zero attached hydrogens (tertiary/aromatic N) is 3. The molecular formula is C40H31N3O. The number of allylic oxidation sites excluding steroid dienone is 6. The van der Waals surface area contributed by atoms with Crippen LogP contribution in [0.2, 0.25) is 0 Å². The highest BCUT2D eigenvalue weighted by Crippen LogP contribution is 2.38. The summed E-state index contributed by atoms with van der Waals surface area (Å²) in [4.78, 5) is 2.28. The van der Waals surface area contributed by atoms with Gasteiger partial charge in [0.1, 0.15) is 29.2 Å². The number of rotatable bonds is 5. The van der Waals surface area contributed by atoms with Crippen LogP contribution < -0.4 is 4.90 Å². The van der Waals surface area contributed by atoms with Gasteiger partial charge in [0, 0.05) is 28.1 Å². The Labute approximate surface area is 258 Å². The van der Waals surface area contributed by atoms with Crippen LogP contribution in [-0.2, 0) is 4.74 Å². The van der Waals surface area contributed by atoms with Crippen molar-refractivity contribution in [2.45, 2.75) is 20.8 Å². The zero-order valence-electron chi connectivity index (χ0n) is 25.0. The minimum absolute atomic E-state index is 0.0628. The zero-order chi connectivity index (χ0) is 30.7. The lowest BCUT2D eigenvalue weighted by Crippen LogP contribution is -2.15. The molecule has 0 bridgehead atoms. The first-order valence-electron chi connectivity index (χ1n) is 14.5. The lowest BCUT2D eigenvalue weighted by atomic mass is 9.90. The van der Waals surface area contributed by atoms with Crippen LogP contribution in [0.5, 0.6) is 0 Å². The quantitative estimate of drug-likeness (QED) is 0.198. The van der Waals surface area contributed by atoms with Crippen molar-refractivity contribution in [2.24, 2.45) is 5.41 Å². The topological polar surface area (TPSA) is 60.0 Å². The van der Waals surface area contributed by atoms with E-state index >= 15 is 0 Å². The van der Waals surface area contributed by atoms with Gasteiger partial charge in [-0.3, -0.25) is 0 Å². The lowest BCUT2D eigenvalue weighted by Gasteiger charge is -2.27. The highest BCUT2D eigenvalue weighted by Gasteiger charge is 2.24. The Bertz CT molecular complexity index is 2000. The molecule has 0 unspecified atom stereocenters. The Balaban J connectivity index is 1.36. The number of ether oxygens (including phenoxy) is 1. The molecule has 0 amide bonds. The molecule has 0 radical (unpaired) electrons. The third-order valence-corrected chi connectivity index (χ3v) is 7.64. The molecular weight excluding hydrogens is 538 g/mol. The average Bonchev–Trinajstić information content (AvgIpc) is 3.04. The molecule has 0 aliphatic carbocycles. The second-order valence-corrected chi connectivity index (χ2v) is 11.8. The van der Waals surface area contributed by atoms with Crippen molar-refractivity contribution in [3.63, 3.8) is 0 Å². The zero-order valence-corrected chi connectivity index (χ0v) is 25.0. The summed E-state index contributed by atoms with van der Waals surface area (Å²) in [6.07, 6.45) is 7.38. The highest BCUT2D eigenvalue weighted by atomic mass is 16.5. The Morgan fingerprint density at radius 2 is 1.16 bits per heavy atom. The summed E-state index contributed by atoms with van der Waals surface area (Å²) in [7, 11) is 0. The molecule has 4 nitrogen and oxygen atoms in total. The van der Waals surface area contributed by atoms with Crippen LogP contribution in [0.25, 0.3) is 27.6 Å². The van der Waals surface area contributed by atoms with Crippen LogP contribution in [0.15, 0.2) is 150 Å². The van der Waals surface area contributed by atoms with E-state index < -0.39 is 0 Å². The highest BCUT2D eigenvalue weighted by molar-refractivity contribution is 5.92. The molecule has 0 saturated heterocycles. The summed E-state index contributed by atoms with van der Waals surface area (Å²) in [5.41, 5.74) is 4.52. The van der Waals surface area contributed by atoms with Crippen molar-refractivity contribution < 1.29 is 4.74 Å². The Morgan fingerprint density at radius 1 is 0.636 bits per heavy atom. The predicted molar refractivity (Wildman–Crippen MR) is 180 cm³/mol. The molecule has 0 saturated carbocycles. The van der Waals surface area contributed by atoms with E-state index in [-0.39, 0.29) is 11.0 Å². The normalized spacial score (nSPS) is 13.2. The van der Waals surface area contributed by atoms with E-state index in [0.717, 1.165) is 22.6 Å². The van der Waals surface area contributed by atoms with E-state index in [1.165, 1.54) is 21.5 Å². The van der Waals surface area contributed by atoms with Crippen LogP contribution in [0.3, 0.4) is 0 Å². The first-order valence-corrected chi connectivity index (χ1v) is 14.5. The molecule has 0 atom stereocenters. The van der Waals surface area contributed by atoms with Gasteiger partial charge >= 0.3 is 0 Å². The molecule has 1 aliphatic rings. The molecule has 6 rings (SSSR count). The van der Waals surface area contributed by atoms with E-state index in [1.807, 2.05) is 45.1 Å². The monoisotopic (exact) mass is 569 g/mol. The van der Waals surface area contributed by atoms with Crippen LogP contribution in [0.4, 0.5) is 17.1 Å². The van der Waals surface area contributed by atoms with Gasteiger partial charge in [0.2, 0.25) is 0 Å². The van der Waals surface area contributed by atoms with Gasteiger partial charge in [-0.1, -0.05) is 99.6 Å². The number of anilines is 3. The summed E-state index contributed by atoms with van der Waals surface area (Å²) in [6.45, 7) is 6.12. The maximum atomic E-state index is 9.45. The molecule has 44 heavy (non-hydrogen) atoms. The van der Waals surface area contributed by atoms with Gasteiger partial charge < -0.3 is 9.64 Å². The Hall–Kier alpha value is -5.84. The van der Waals surface area contributed by atoms with Gasteiger partial charge in [-0.15, -0.1) is 0 Å². The minimum atomic E-state index is -0.286. The average molecular weight is 570 g/mol. The van der Waals surface area contributed by atoms with Gasteiger partial charge in [0.05, 0.1) is 0 Å². The molecule has 0 spiro atoms. The molecule has 5 aromatic carbocycles. The van der Waals surface area contributed by atoms with E-state index in [2.05, 4.69) is 114 Å². The third kappa shape index (κ3) is 5.88. The smallest absolute Gasteiger partial charge is 0.137 e. The number of nitriles is 2. The SMILES string of the molecule is CC(C)(C)C1=CC(=C(C#N)C#N)C=C(/C=C/c2ccc(N(c3ccc4ccccc4c3)c3ccc4ccccc4c3)cc2)O1. The molecule has 4 heteroatoms. The maximum Gasteiger partial charge on any atom is 0.137 e. The summed E-state index contributed by atoms with van der Waals surface area (Å²) in [5, 5.41) is 23.7. The predicted octanol–water partition coefficient (Wildman–Crippen LogP) is 10.7. The van der Waals surface area contributed by atoms with Gasteiger partial charge in [-0.05, 0) is 81.7 Å². The van der Waals surface area contributed by atoms with Crippen molar-refractivity contribution in [3.05, 3.63) is 156 Å². The van der Waals surface area contributed by atoms with Crippen molar-refractivity contribution in [3.8, 4) is 12.1 Å². The van der Waals surface area contributed by atoms with Crippen molar-refractivity contribution in [2.75, 3.05) is 4.90 Å². The van der Waals surface area contributed by atoms with Gasteiger partial charge in [0.25, 0.3) is 0 Å². The fraction of sp³-hybridized carbons (Fsp3) is 0.100. The second-order valence-electron chi connectivity index (χ2n) is 11.8. The van der Waals surface area contributed by atoms with E-state index in [9.17, 15) is 10.5 Å². The number of hydrogen-bond donors (Lipinski definition) is 0. The van der Waals surface area contributed by atoms with E-state index in [4.69, 9.17) is 4.74 Å².